The fourth-order valence-corrected chi connectivity index (χ4v) is 0.983. The van der Waals surface area contributed by atoms with Gasteiger partial charge in [0.1, 0.15) is 0 Å². The molecule has 9 heavy (non-hydrogen) atoms. The van der Waals surface area contributed by atoms with Crippen molar-refractivity contribution in [2.24, 2.45) is 0 Å². The number of hydrogen-bond acceptors (Lipinski definition) is 3. The third kappa shape index (κ3) is 5.65. The Morgan fingerprint density at radius 2 is 2.44 bits per heavy atom. The van der Waals surface area contributed by atoms with Gasteiger partial charge < -0.3 is 9.29 Å². The van der Waals surface area contributed by atoms with E-state index in [0.29, 0.717) is 0 Å². The summed E-state index contributed by atoms with van der Waals surface area (Å²) in [5.41, 5.74) is 0. The Labute approximate surface area is 58.6 Å². The van der Waals surface area contributed by atoms with Crippen LogP contribution in [0.15, 0.2) is 0 Å². The van der Waals surface area contributed by atoms with Crippen molar-refractivity contribution in [2.45, 2.75) is 18.6 Å². The van der Waals surface area contributed by atoms with E-state index in [1.165, 1.54) is 19.2 Å². The first-order valence-electron chi connectivity index (χ1n) is 2.58. The van der Waals surface area contributed by atoms with Gasteiger partial charge in [0.25, 0.3) is 0 Å². The molecule has 0 spiro atoms. The van der Waals surface area contributed by atoms with Crippen molar-refractivity contribution in [2.75, 3.05) is 7.11 Å². The molecular formula is C5H10O3S. The lowest BCUT2D eigenvalue weighted by Gasteiger charge is -2.03. The fraction of sp³-hybridized carbons (Fsp3) is 0.800. The van der Waals surface area contributed by atoms with Crippen LogP contribution in [0.1, 0.15) is 13.3 Å². The predicted octanol–water partition coefficient (Wildman–Crippen LogP) is 1.14. The summed E-state index contributed by atoms with van der Waals surface area (Å²) in [6.07, 6.45) is 0.151. The van der Waals surface area contributed by atoms with Crippen LogP contribution >= 0.6 is 12.0 Å². The molecule has 3 nitrogen and oxygen atoms in total. The van der Waals surface area contributed by atoms with Crippen molar-refractivity contribution in [3.63, 3.8) is 0 Å². The van der Waals surface area contributed by atoms with Gasteiger partial charge in [-0.25, -0.2) is 0 Å². The molecule has 1 unspecified atom stereocenters. The van der Waals surface area contributed by atoms with Crippen molar-refractivity contribution in [1.82, 2.24) is 0 Å². The molecule has 0 aliphatic carbocycles. The van der Waals surface area contributed by atoms with Crippen LogP contribution in [0.25, 0.3) is 0 Å². The quantitative estimate of drug-likeness (QED) is 0.610. The summed E-state index contributed by atoms with van der Waals surface area (Å²) in [6, 6.07) is 0. The number of carboxylic acid groups (broad SMARTS) is 1. The van der Waals surface area contributed by atoms with Crippen LogP contribution < -0.4 is 0 Å². The molecule has 0 aliphatic rings. The Hall–Kier alpha value is -0.220. The van der Waals surface area contributed by atoms with E-state index >= 15 is 0 Å². The molecule has 0 rings (SSSR count). The van der Waals surface area contributed by atoms with Gasteiger partial charge in [0.05, 0.1) is 13.5 Å². The highest BCUT2D eigenvalue weighted by molar-refractivity contribution is 7.95. The number of carbonyl (C=O) groups is 1. The highest BCUT2D eigenvalue weighted by Gasteiger charge is 2.06. The Kier molecular flexibility index (Phi) is 4.53. The fourth-order valence-electron chi connectivity index (χ4n) is 0.444. The second-order valence-electron chi connectivity index (χ2n) is 1.67. The molecule has 0 saturated heterocycles. The molecule has 0 radical (unpaired) electrons. The van der Waals surface area contributed by atoms with Gasteiger partial charge in [0.2, 0.25) is 0 Å². The zero-order valence-electron chi connectivity index (χ0n) is 5.46. The first kappa shape index (κ1) is 8.78. The van der Waals surface area contributed by atoms with Crippen molar-refractivity contribution in [1.29, 1.82) is 0 Å². The van der Waals surface area contributed by atoms with Crippen molar-refractivity contribution < 1.29 is 14.1 Å². The Bertz CT molecular complexity index is 94.2. The minimum Gasteiger partial charge on any atom is -0.481 e. The summed E-state index contributed by atoms with van der Waals surface area (Å²) in [5, 5.41) is 8.28. The van der Waals surface area contributed by atoms with E-state index in [4.69, 9.17) is 5.11 Å². The molecule has 0 aromatic heterocycles. The summed E-state index contributed by atoms with van der Waals surface area (Å²) in [4.78, 5) is 10.0. The summed E-state index contributed by atoms with van der Waals surface area (Å²) in [6.45, 7) is 1.81. The minimum absolute atomic E-state index is 0.0347. The van der Waals surface area contributed by atoms with Gasteiger partial charge in [-0.15, -0.1) is 0 Å². The third-order valence-electron chi connectivity index (χ3n) is 0.723. The zero-order chi connectivity index (χ0) is 7.28. The zero-order valence-corrected chi connectivity index (χ0v) is 6.27. The van der Waals surface area contributed by atoms with Crippen LogP contribution in [0.3, 0.4) is 0 Å². The molecule has 54 valence electrons. The van der Waals surface area contributed by atoms with Gasteiger partial charge in [-0.3, -0.25) is 4.79 Å². The number of carboxylic acids is 1. The maximum atomic E-state index is 10.0. The lowest BCUT2D eigenvalue weighted by Crippen LogP contribution is -2.05. The molecule has 0 bridgehead atoms. The van der Waals surface area contributed by atoms with Crippen LogP contribution in [-0.2, 0) is 8.98 Å². The molecule has 0 aromatic carbocycles. The molecule has 1 atom stereocenters. The van der Waals surface area contributed by atoms with Gasteiger partial charge in [0, 0.05) is 5.25 Å². The van der Waals surface area contributed by atoms with Crippen LogP contribution in [0, 0.1) is 0 Å². The third-order valence-corrected chi connectivity index (χ3v) is 1.41. The van der Waals surface area contributed by atoms with Gasteiger partial charge >= 0.3 is 5.97 Å². The van der Waals surface area contributed by atoms with Gasteiger partial charge in [-0.2, -0.15) is 0 Å². The SMILES string of the molecule is COSC(C)CC(=O)O. The average Bonchev–Trinajstić information content (AvgIpc) is 1.63. The maximum absolute atomic E-state index is 10.0. The Morgan fingerprint density at radius 3 is 2.78 bits per heavy atom. The Balaban J connectivity index is 3.26. The van der Waals surface area contributed by atoms with Gasteiger partial charge in [-0.1, -0.05) is 6.92 Å². The topological polar surface area (TPSA) is 46.5 Å². The largest absolute Gasteiger partial charge is 0.481 e. The molecule has 0 heterocycles. The van der Waals surface area contributed by atoms with E-state index in [2.05, 4.69) is 4.18 Å². The molecule has 0 aliphatic heterocycles. The standard InChI is InChI=1S/C5H10O3S/c1-4(9-8-2)3-5(6)7/h4H,3H2,1-2H3,(H,6,7). The predicted molar refractivity (Wildman–Crippen MR) is 36.3 cm³/mol. The van der Waals surface area contributed by atoms with Gasteiger partial charge in [-0.05, 0) is 12.0 Å². The first-order chi connectivity index (χ1) is 4.16. The Morgan fingerprint density at radius 1 is 1.89 bits per heavy atom. The second-order valence-corrected chi connectivity index (χ2v) is 3.00. The molecule has 1 N–H and O–H groups in total. The van der Waals surface area contributed by atoms with Crippen molar-refractivity contribution >= 4 is 18.0 Å². The molecule has 4 heteroatoms. The summed E-state index contributed by atoms with van der Waals surface area (Å²) >= 11 is 1.18. The molecule has 0 saturated carbocycles. The highest BCUT2D eigenvalue weighted by atomic mass is 32.2. The smallest absolute Gasteiger partial charge is 0.304 e. The number of rotatable bonds is 4. The normalized spacial score (nSPS) is 13.1. The van der Waals surface area contributed by atoms with E-state index in [9.17, 15) is 4.79 Å². The van der Waals surface area contributed by atoms with Crippen molar-refractivity contribution in [3.8, 4) is 0 Å². The van der Waals surface area contributed by atoms with E-state index in [0.717, 1.165) is 0 Å². The van der Waals surface area contributed by atoms with E-state index in [1.54, 1.807) is 0 Å². The van der Waals surface area contributed by atoms with Crippen LogP contribution in [0.4, 0.5) is 0 Å². The van der Waals surface area contributed by atoms with Crippen molar-refractivity contribution in [3.05, 3.63) is 0 Å². The molecule has 0 amide bonds. The van der Waals surface area contributed by atoms with Crippen LogP contribution in [0.2, 0.25) is 0 Å². The lowest BCUT2D eigenvalue weighted by molar-refractivity contribution is -0.136. The second kappa shape index (κ2) is 4.64. The summed E-state index contributed by atoms with van der Waals surface area (Å²) < 4.78 is 4.66. The van der Waals surface area contributed by atoms with E-state index in [1.807, 2.05) is 6.92 Å². The average molecular weight is 150 g/mol. The molecule has 0 fully saturated rings. The van der Waals surface area contributed by atoms with Crippen LogP contribution in [-0.4, -0.2) is 23.4 Å². The highest BCUT2D eigenvalue weighted by Crippen LogP contribution is 2.12. The minimum atomic E-state index is -0.785. The molecular weight excluding hydrogens is 140 g/mol. The maximum Gasteiger partial charge on any atom is 0.304 e. The summed E-state index contributed by atoms with van der Waals surface area (Å²) in [5.74, 6) is -0.785. The van der Waals surface area contributed by atoms with E-state index in [-0.39, 0.29) is 11.7 Å². The van der Waals surface area contributed by atoms with Gasteiger partial charge in [0.15, 0.2) is 0 Å². The monoisotopic (exact) mass is 150 g/mol. The first-order valence-corrected chi connectivity index (χ1v) is 3.38. The molecule has 0 aromatic rings. The number of hydrogen-bond donors (Lipinski definition) is 1. The van der Waals surface area contributed by atoms with E-state index < -0.39 is 5.97 Å². The van der Waals surface area contributed by atoms with Crippen LogP contribution in [0.5, 0.6) is 0 Å². The number of aliphatic carboxylic acids is 1. The lowest BCUT2D eigenvalue weighted by atomic mass is 10.3. The summed E-state index contributed by atoms with van der Waals surface area (Å²) in [7, 11) is 1.53.